The van der Waals surface area contributed by atoms with Crippen LogP contribution in [0.1, 0.15) is 24.1 Å². The summed E-state index contributed by atoms with van der Waals surface area (Å²) in [6, 6.07) is 8.13. The molecular formula is C15H19N3O. The molecule has 1 aromatic heterocycles. The smallest absolute Gasteiger partial charge is 0.325 e. The fraction of sp³-hybridized carbons (Fsp3) is 0.400. The van der Waals surface area contributed by atoms with E-state index in [1.54, 1.807) is 16.2 Å². The highest BCUT2D eigenvalue weighted by molar-refractivity contribution is 5.37. The van der Waals surface area contributed by atoms with Gasteiger partial charge in [-0.15, -0.1) is 0 Å². The van der Waals surface area contributed by atoms with Gasteiger partial charge in [-0.3, -0.25) is 4.57 Å². The number of aryl methyl sites for hydroxylation is 2. The summed E-state index contributed by atoms with van der Waals surface area (Å²) >= 11 is 0. The lowest BCUT2D eigenvalue weighted by Gasteiger charge is -2.10. The predicted molar refractivity (Wildman–Crippen MR) is 75.6 cm³/mol. The van der Waals surface area contributed by atoms with Crippen LogP contribution in [0.25, 0.3) is 5.69 Å². The second-order valence-electron chi connectivity index (χ2n) is 5.70. The van der Waals surface area contributed by atoms with Gasteiger partial charge < -0.3 is 10.3 Å². The van der Waals surface area contributed by atoms with Gasteiger partial charge in [0.25, 0.3) is 0 Å². The van der Waals surface area contributed by atoms with Gasteiger partial charge in [0.1, 0.15) is 0 Å². The molecule has 0 aliphatic heterocycles. The van der Waals surface area contributed by atoms with Crippen molar-refractivity contribution in [3.63, 3.8) is 0 Å². The van der Waals surface area contributed by atoms with Crippen LogP contribution in [0.3, 0.4) is 0 Å². The molecular weight excluding hydrogens is 238 g/mol. The molecule has 19 heavy (non-hydrogen) atoms. The number of imidazole rings is 1. The van der Waals surface area contributed by atoms with E-state index in [1.165, 1.54) is 5.56 Å². The first kappa shape index (κ1) is 12.2. The van der Waals surface area contributed by atoms with Crippen molar-refractivity contribution < 1.29 is 0 Å². The summed E-state index contributed by atoms with van der Waals surface area (Å²) < 4.78 is 3.32. The lowest BCUT2D eigenvalue weighted by Crippen LogP contribution is -2.24. The maximum atomic E-state index is 12.0. The van der Waals surface area contributed by atoms with E-state index in [0.29, 0.717) is 0 Å². The Labute approximate surface area is 112 Å². The summed E-state index contributed by atoms with van der Waals surface area (Å²) in [5.41, 5.74) is 9.23. The van der Waals surface area contributed by atoms with Crippen molar-refractivity contribution in [2.24, 2.45) is 12.8 Å². The minimum atomic E-state index is -0.0114. The zero-order valence-corrected chi connectivity index (χ0v) is 11.4. The summed E-state index contributed by atoms with van der Waals surface area (Å²) in [6.07, 6.45) is 5.00. The van der Waals surface area contributed by atoms with Crippen LogP contribution in [0, 0.1) is 6.92 Å². The van der Waals surface area contributed by atoms with Crippen molar-refractivity contribution in [3.05, 3.63) is 52.2 Å². The third-order valence-electron chi connectivity index (χ3n) is 3.87. The molecule has 3 rings (SSSR count). The van der Waals surface area contributed by atoms with Gasteiger partial charge in [0, 0.05) is 24.5 Å². The van der Waals surface area contributed by atoms with Crippen LogP contribution in [0.5, 0.6) is 0 Å². The molecule has 4 heteroatoms. The van der Waals surface area contributed by atoms with Gasteiger partial charge in [0.15, 0.2) is 0 Å². The Kier molecular flexibility index (Phi) is 2.64. The molecule has 1 heterocycles. The topological polar surface area (TPSA) is 53.0 Å². The largest absolute Gasteiger partial charge is 0.332 e. The van der Waals surface area contributed by atoms with Crippen LogP contribution in [-0.4, -0.2) is 14.7 Å². The fourth-order valence-corrected chi connectivity index (χ4v) is 2.52. The van der Waals surface area contributed by atoms with Crippen molar-refractivity contribution in [1.29, 1.82) is 0 Å². The molecule has 0 atom stereocenters. The Morgan fingerprint density at radius 1 is 1.26 bits per heavy atom. The molecule has 1 aromatic carbocycles. The van der Waals surface area contributed by atoms with E-state index < -0.39 is 0 Å². The summed E-state index contributed by atoms with van der Waals surface area (Å²) in [4.78, 5) is 12.0. The van der Waals surface area contributed by atoms with Crippen molar-refractivity contribution in [2.45, 2.75) is 31.7 Å². The Balaban J connectivity index is 1.92. The van der Waals surface area contributed by atoms with E-state index >= 15 is 0 Å². The van der Waals surface area contributed by atoms with Crippen LogP contribution < -0.4 is 11.4 Å². The van der Waals surface area contributed by atoms with Gasteiger partial charge in [-0.05, 0) is 43.9 Å². The second-order valence-corrected chi connectivity index (χ2v) is 5.70. The molecule has 1 saturated carbocycles. The number of aromatic nitrogens is 2. The van der Waals surface area contributed by atoms with E-state index in [2.05, 4.69) is 12.1 Å². The maximum Gasteiger partial charge on any atom is 0.332 e. The number of hydrogen-bond donors (Lipinski definition) is 1. The zero-order chi connectivity index (χ0) is 13.6. The third-order valence-corrected chi connectivity index (χ3v) is 3.87. The quantitative estimate of drug-likeness (QED) is 0.906. The molecule has 1 aliphatic carbocycles. The highest BCUT2D eigenvalue weighted by Gasteiger charge is 2.37. The van der Waals surface area contributed by atoms with Gasteiger partial charge in [0.05, 0.1) is 5.69 Å². The monoisotopic (exact) mass is 257 g/mol. The van der Waals surface area contributed by atoms with Crippen LogP contribution in [0.4, 0.5) is 0 Å². The molecule has 0 amide bonds. The summed E-state index contributed by atoms with van der Waals surface area (Å²) in [7, 11) is 1.77. The predicted octanol–water partition coefficient (Wildman–Crippen LogP) is 1.52. The Morgan fingerprint density at radius 3 is 2.37 bits per heavy atom. The number of rotatable bonds is 3. The minimum Gasteiger partial charge on any atom is -0.325 e. The van der Waals surface area contributed by atoms with Crippen molar-refractivity contribution in [3.8, 4) is 5.69 Å². The number of nitrogens with zero attached hydrogens (tertiary/aromatic N) is 2. The molecule has 4 nitrogen and oxygen atoms in total. The summed E-state index contributed by atoms with van der Waals surface area (Å²) in [5.74, 6) is 0. The van der Waals surface area contributed by atoms with Gasteiger partial charge in [-0.25, -0.2) is 4.79 Å². The van der Waals surface area contributed by atoms with E-state index in [4.69, 9.17) is 5.73 Å². The molecule has 1 aliphatic rings. The number of hydrogen-bond acceptors (Lipinski definition) is 2. The first-order chi connectivity index (χ1) is 8.98. The fourth-order valence-electron chi connectivity index (χ4n) is 2.52. The molecule has 1 fully saturated rings. The molecule has 100 valence electrons. The Morgan fingerprint density at radius 2 is 1.89 bits per heavy atom. The molecule has 2 aromatic rings. The molecule has 0 saturated heterocycles. The first-order valence-electron chi connectivity index (χ1n) is 6.62. The van der Waals surface area contributed by atoms with Crippen molar-refractivity contribution >= 4 is 0 Å². The molecule has 0 bridgehead atoms. The van der Waals surface area contributed by atoms with Gasteiger partial charge >= 0.3 is 5.69 Å². The van der Waals surface area contributed by atoms with E-state index in [1.807, 2.05) is 25.3 Å². The Hall–Kier alpha value is -1.81. The van der Waals surface area contributed by atoms with Gasteiger partial charge in [-0.1, -0.05) is 12.1 Å². The minimum absolute atomic E-state index is 0.0114. The van der Waals surface area contributed by atoms with Crippen molar-refractivity contribution in [2.75, 3.05) is 0 Å². The summed E-state index contributed by atoms with van der Waals surface area (Å²) in [5, 5.41) is 0. The van der Waals surface area contributed by atoms with Gasteiger partial charge in [0.2, 0.25) is 0 Å². The molecule has 0 spiro atoms. The van der Waals surface area contributed by atoms with Crippen LogP contribution >= 0.6 is 0 Å². The van der Waals surface area contributed by atoms with E-state index in [9.17, 15) is 4.79 Å². The van der Waals surface area contributed by atoms with Crippen molar-refractivity contribution in [1.82, 2.24) is 9.13 Å². The molecule has 2 N–H and O–H groups in total. The standard InChI is InChI=1S/C15H19N3O/c1-11-10-17(2)14(19)18(11)13-5-3-12(4-6-13)9-15(16)7-8-15/h3-6,10H,7-9,16H2,1-2H3. The van der Waals surface area contributed by atoms with E-state index in [-0.39, 0.29) is 11.2 Å². The van der Waals surface area contributed by atoms with Crippen LogP contribution in [-0.2, 0) is 13.5 Å². The Bertz CT molecular complexity index is 660. The van der Waals surface area contributed by atoms with E-state index in [0.717, 1.165) is 30.6 Å². The third kappa shape index (κ3) is 2.24. The second kappa shape index (κ2) is 4.10. The lowest BCUT2D eigenvalue weighted by molar-refractivity contribution is 0.672. The maximum absolute atomic E-state index is 12.0. The van der Waals surface area contributed by atoms with Gasteiger partial charge in [-0.2, -0.15) is 0 Å². The SMILES string of the molecule is Cc1cn(C)c(=O)n1-c1ccc(CC2(N)CC2)cc1. The van der Waals surface area contributed by atoms with Crippen LogP contribution in [0.2, 0.25) is 0 Å². The normalized spacial score (nSPS) is 16.6. The zero-order valence-electron chi connectivity index (χ0n) is 11.4. The van der Waals surface area contributed by atoms with Crippen LogP contribution in [0.15, 0.2) is 35.3 Å². The molecule has 0 unspecified atom stereocenters. The highest BCUT2D eigenvalue weighted by Crippen LogP contribution is 2.35. The number of benzene rings is 1. The lowest BCUT2D eigenvalue weighted by atomic mass is 10.0. The number of nitrogens with two attached hydrogens (primary N) is 1. The summed E-state index contributed by atoms with van der Waals surface area (Å²) in [6.45, 7) is 1.94. The highest BCUT2D eigenvalue weighted by atomic mass is 16.1. The average molecular weight is 257 g/mol. The first-order valence-corrected chi connectivity index (χ1v) is 6.62. The average Bonchev–Trinajstić information content (AvgIpc) is 3.02. The molecule has 0 radical (unpaired) electrons.